The molecule has 3 aromatic rings. The number of nitrogens with one attached hydrogen (secondary N) is 1. The molecule has 1 atom stereocenters. The minimum Gasteiger partial charge on any atom is -0.493 e. The van der Waals surface area contributed by atoms with Crippen molar-refractivity contribution in [1.82, 2.24) is 15.4 Å². The molecule has 0 radical (unpaired) electrons. The van der Waals surface area contributed by atoms with Crippen LogP contribution in [0, 0.1) is 23.7 Å². The molecule has 230 valence electrons. The Kier molecular flexibility index (Phi) is 8.57. The number of carbonyl (C=O) groups is 2. The summed E-state index contributed by atoms with van der Waals surface area (Å²) in [6.07, 6.45) is 0.784. The molecule has 2 aromatic heterocycles. The number of thioether (sulfide) groups is 1. The van der Waals surface area contributed by atoms with Gasteiger partial charge in [-0.05, 0) is 36.5 Å². The summed E-state index contributed by atoms with van der Waals surface area (Å²) in [4.78, 5) is 28.0. The summed E-state index contributed by atoms with van der Waals surface area (Å²) in [5.41, 5.74) is 8.25. The Hall–Kier alpha value is -4.55. The van der Waals surface area contributed by atoms with E-state index in [1.165, 1.54) is 44.4 Å². The fourth-order valence-electron chi connectivity index (χ4n) is 5.41. The lowest BCUT2D eigenvalue weighted by atomic mass is 9.68. The molecule has 15 heteroatoms. The van der Waals surface area contributed by atoms with Crippen molar-refractivity contribution < 1.29 is 28.3 Å². The van der Waals surface area contributed by atoms with Gasteiger partial charge in [-0.15, -0.1) is 10.2 Å². The van der Waals surface area contributed by atoms with Gasteiger partial charge in [0.05, 0.1) is 44.6 Å². The molecule has 1 amide bonds. The van der Waals surface area contributed by atoms with Crippen LogP contribution < -0.4 is 30.2 Å². The number of anilines is 2. The normalized spacial score (nSPS) is 17.7. The Balaban J connectivity index is 1.54. The summed E-state index contributed by atoms with van der Waals surface area (Å²) >= 11 is 2.40. The maximum absolute atomic E-state index is 13.9. The van der Waals surface area contributed by atoms with E-state index in [1.807, 2.05) is 13.8 Å². The summed E-state index contributed by atoms with van der Waals surface area (Å²) in [6, 6.07) is 7.33. The van der Waals surface area contributed by atoms with Crippen molar-refractivity contribution in [1.29, 1.82) is 5.26 Å². The highest BCUT2D eigenvalue weighted by Gasteiger charge is 2.46. The van der Waals surface area contributed by atoms with Gasteiger partial charge in [0.1, 0.15) is 11.6 Å². The molecular weight excluding hydrogens is 606 g/mol. The molecule has 44 heavy (non-hydrogen) atoms. The van der Waals surface area contributed by atoms with E-state index in [2.05, 4.69) is 26.7 Å². The molecule has 3 N–H and O–H groups in total. The smallest absolute Gasteiger partial charge is 0.236 e. The minimum absolute atomic E-state index is 0.0536. The molecule has 5 rings (SSSR count). The highest BCUT2D eigenvalue weighted by molar-refractivity contribution is 8.01. The van der Waals surface area contributed by atoms with Crippen LogP contribution in [-0.2, 0) is 9.59 Å². The number of carbonyl (C=O) groups excluding carboxylic acids is 2. The van der Waals surface area contributed by atoms with Gasteiger partial charge in [-0.1, -0.05) is 42.1 Å². The second-order valence-electron chi connectivity index (χ2n) is 10.9. The largest absolute Gasteiger partial charge is 0.493 e. The maximum Gasteiger partial charge on any atom is 0.236 e. The van der Waals surface area contributed by atoms with Gasteiger partial charge in [-0.2, -0.15) is 5.26 Å². The third-order valence-electron chi connectivity index (χ3n) is 7.21. The van der Waals surface area contributed by atoms with Crippen molar-refractivity contribution in [2.45, 2.75) is 43.9 Å². The van der Waals surface area contributed by atoms with Gasteiger partial charge < -0.3 is 29.8 Å². The summed E-state index contributed by atoms with van der Waals surface area (Å²) in [5, 5.41) is 25.9. The predicted molar refractivity (Wildman–Crippen MR) is 164 cm³/mol. The van der Waals surface area contributed by atoms with E-state index in [9.17, 15) is 14.9 Å². The summed E-state index contributed by atoms with van der Waals surface area (Å²) < 4.78 is 22.1. The monoisotopic (exact) mass is 637 g/mol. The number of nitriles is 1. The first-order valence-electron chi connectivity index (χ1n) is 13.5. The van der Waals surface area contributed by atoms with E-state index < -0.39 is 5.92 Å². The Labute approximate surface area is 262 Å². The van der Waals surface area contributed by atoms with Gasteiger partial charge in [-0.25, -0.2) is 0 Å². The fraction of sp³-hybridized carbons (Fsp3) is 0.379. The van der Waals surface area contributed by atoms with Crippen LogP contribution in [0.15, 0.2) is 49.7 Å². The molecule has 1 aliphatic heterocycles. The molecule has 0 saturated carbocycles. The SMILES string of the molecule is COc1cc(C2C(C#N)=C(N)N(c3nnc(SCC(=O)Nc4cc(C)on4)s3)C3=C2C(=O)CC(C)(C)C3)cc(OC)c1OC. The predicted octanol–water partition coefficient (Wildman–Crippen LogP) is 4.53. The molecule has 0 spiro atoms. The zero-order valence-corrected chi connectivity index (χ0v) is 26.6. The van der Waals surface area contributed by atoms with E-state index in [1.54, 1.807) is 30.0 Å². The summed E-state index contributed by atoms with van der Waals surface area (Å²) in [7, 11) is 4.51. The summed E-state index contributed by atoms with van der Waals surface area (Å²) in [6.45, 7) is 5.75. The van der Waals surface area contributed by atoms with E-state index >= 15 is 0 Å². The van der Waals surface area contributed by atoms with Crippen LogP contribution in [-0.4, -0.2) is 54.1 Å². The molecule has 13 nitrogen and oxygen atoms in total. The lowest BCUT2D eigenvalue weighted by Crippen LogP contribution is -2.42. The molecule has 0 saturated heterocycles. The topological polar surface area (TPSA) is 179 Å². The maximum atomic E-state index is 13.9. The van der Waals surface area contributed by atoms with Crippen LogP contribution in [0.3, 0.4) is 0 Å². The van der Waals surface area contributed by atoms with Crippen molar-refractivity contribution in [2.24, 2.45) is 11.1 Å². The Bertz CT molecular complexity index is 1710. The zero-order valence-electron chi connectivity index (χ0n) is 25.0. The van der Waals surface area contributed by atoms with Crippen LogP contribution in [0.2, 0.25) is 0 Å². The number of ketones is 1. The average molecular weight is 638 g/mol. The molecule has 3 heterocycles. The first-order chi connectivity index (χ1) is 21.0. The average Bonchev–Trinajstić information content (AvgIpc) is 3.62. The lowest BCUT2D eigenvalue weighted by molar-refractivity contribution is -0.118. The number of Topliss-reactive ketones (excluding diaryl/α,β-unsaturated/α-hetero) is 1. The molecule has 2 aliphatic rings. The number of methoxy groups -OCH3 is 3. The van der Waals surface area contributed by atoms with Crippen molar-refractivity contribution in [3.05, 3.63) is 52.2 Å². The lowest BCUT2D eigenvalue weighted by Gasteiger charge is -2.42. The summed E-state index contributed by atoms with van der Waals surface area (Å²) in [5.74, 6) is 1.11. The molecule has 1 aliphatic carbocycles. The molecule has 1 unspecified atom stereocenters. The Morgan fingerprint density at radius 3 is 2.50 bits per heavy atom. The number of hydrogen-bond acceptors (Lipinski definition) is 14. The first-order valence-corrected chi connectivity index (χ1v) is 15.3. The van der Waals surface area contributed by atoms with E-state index in [0.717, 1.165) is 0 Å². The van der Waals surface area contributed by atoms with Crippen LogP contribution in [0.5, 0.6) is 17.2 Å². The van der Waals surface area contributed by atoms with Crippen LogP contribution in [0.4, 0.5) is 10.9 Å². The number of aromatic nitrogens is 3. The number of benzene rings is 1. The number of hydrogen-bond donors (Lipinski definition) is 2. The van der Waals surface area contributed by atoms with Crippen molar-refractivity contribution in [3.8, 4) is 23.3 Å². The highest BCUT2D eigenvalue weighted by Crippen LogP contribution is 2.52. The van der Waals surface area contributed by atoms with E-state index in [4.69, 9.17) is 24.5 Å². The zero-order chi connectivity index (χ0) is 31.8. The third kappa shape index (κ3) is 5.82. The number of nitrogens with two attached hydrogens (primary N) is 1. The Morgan fingerprint density at radius 2 is 1.91 bits per heavy atom. The van der Waals surface area contributed by atoms with Gasteiger partial charge in [0.15, 0.2) is 27.4 Å². The van der Waals surface area contributed by atoms with Gasteiger partial charge in [0, 0.05) is 23.8 Å². The highest BCUT2D eigenvalue weighted by atomic mass is 32.2. The molecular formula is C29H31N7O6S2. The van der Waals surface area contributed by atoms with Crippen LogP contribution >= 0.6 is 23.1 Å². The molecule has 0 fully saturated rings. The quantitative estimate of drug-likeness (QED) is 0.313. The van der Waals surface area contributed by atoms with Gasteiger partial charge in [-0.3, -0.25) is 14.5 Å². The number of rotatable bonds is 9. The second-order valence-corrected chi connectivity index (χ2v) is 13.1. The van der Waals surface area contributed by atoms with Gasteiger partial charge in [0.25, 0.3) is 0 Å². The van der Waals surface area contributed by atoms with Crippen molar-refractivity contribution in [3.63, 3.8) is 0 Å². The third-order valence-corrected chi connectivity index (χ3v) is 9.25. The Morgan fingerprint density at radius 1 is 1.20 bits per heavy atom. The van der Waals surface area contributed by atoms with Gasteiger partial charge >= 0.3 is 0 Å². The van der Waals surface area contributed by atoms with Gasteiger partial charge in [0.2, 0.25) is 16.8 Å². The number of ether oxygens (including phenoxy) is 3. The second kappa shape index (κ2) is 12.2. The molecule has 1 aromatic carbocycles. The number of aryl methyl sites for hydroxylation is 1. The number of amides is 1. The number of nitrogens with zero attached hydrogens (tertiary/aromatic N) is 5. The van der Waals surface area contributed by atoms with Crippen LogP contribution in [0.1, 0.15) is 43.9 Å². The number of allylic oxidation sites excluding steroid dienone is 3. The van der Waals surface area contributed by atoms with Crippen molar-refractivity contribution in [2.75, 3.05) is 37.3 Å². The minimum atomic E-state index is -0.769. The first kappa shape index (κ1) is 30.9. The van der Waals surface area contributed by atoms with E-state index in [-0.39, 0.29) is 40.7 Å². The van der Waals surface area contributed by atoms with E-state index in [0.29, 0.717) is 61.6 Å². The fourth-order valence-corrected chi connectivity index (χ4v) is 7.09. The molecule has 0 bridgehead atoms. The van der Waals surface area contributed by atoms with Crippen molar-refractivity contribution >= 4 is 45.7 Å². The van der Waals surface area contributed by atoms with Crippen LogP contribution in [0.25, 0.3) is 0 Å². The standard InChI is InChI=1S/C29H31N7O6S2/c1-14-7-21(35-42-14)32-22(38)13-43-28-34-33-27(44-28)36-17-10-29(2,3)11-18(37)24(17)23(16(12-30)26(36)31)15-8-19(39-4)25(41-6)20(9-15)40-5/h7-9,23H,10-11,13,31H2,1-6H3,(H,32,35,38).